The van der Waals surface area contributed by atoms with Crippen molar-refractivity contribution in [2.75, 3.05) is 26.7 Å². The molecule has 0 saturated heterocycles. The van der Waals surface area contributed by atoms with Crippen LogP contribution in [0.3, 0.4) is 0 Å². The Labute approximate surface area is 155 Å². The van der Waals surface area contributed by atoms with Crippen molar-refractivity contribution < 1.29 is 27.0 Å². The summed E-state index contributed by atoms with van der Waals surface area (Å²) < 4.78 is 67.1. The molecule has 2 aromatic rings. The minimum Gasteiger partial charge on any atom is -0.497 e. The first-order chi connectivity index (χ1) is 12.9. The van der Waals surface area contributed by atoms with Crippen molar-refractivity contribution in [1.29, 1.82) is 0 Å². The Morgan fingerprint density at radius 2 is 1.37 bits per heavy atom. The summed E-state index contributed by atoms with van der Waals surface area (Å²) in [6.07, 6.45) is 2.49. The second kappa shape index (κ2) is 9.41. The predicted molar refractivity (Wildman–Crippen MR) is 96.2 cm³/mol. The molecule has 0 unspecified atom stereocenters. The smallest absolute Gasteiger partial charge is 0.205 e. The number of ether oxygens (including phenoxy) is 2. The Bertz CT molecular complexity index is 774. The molecule has 3 nitrogen and oxygen atoms in total. The van der Waals surface area contributed by atoms with Crippen molar-refractivity contribution in [3.8, 4) is 17.2 Å². The fourth-order valence-electron chi connectivity index (χ4n) is 2.43. The predicted octanol–water partition coefficient (Wildman–Crippen LogP) is 5.40. The Morgan fingerprint density at radius 1 is 0.852 bits per heavy atom. The monoisotopic (exact) mass is 383 g/mol. The molecule has 0 aliphatic rings. The van der Waals surface area contributed by atoms with Gasteiger partial charge in [-0.25, -0.2) is 8.78 Å². The standard InChI is InChI=1S/C20H21F4NO2/c1-4-25(5-2)12-6-7-15-16(21)18(23)20(19(24)17(15)22)27-14-10-8-13(26-3)9-11-14/h6-11H,4-5,12H2,1-3H3. The molecule has 0 amide bonds. The van der Waals surface area contributed by atoms with Gasteiger partial charge in [-0.05, 0) is 37.4 Å². The first-order valence-electron chi connectivity index (χ1n) is 8.49. The van der Waals surface area contributed by atoms with Crippen molar-refractivity contribution >= 4 is 6.08 Å². The number of hydrogen-bond donors (Lipinski definition) is 0. The summed E-state index contributed by atoms with van der Waals surface area (Å²) in [6.45, 7) is 5.75. The number of nitrogens with zero attached hydrogens (tertiary/aromatic N) is 1. The van der Waals surface area contributed by atoms with Gasteiger partial charge in [-0.2, -0.15) is 8.78 Å². The minimum absolute atomic E-state index is 0.0113. The molecular weight excluding hydrogens is 362 g/mol. The topological polar surface area (TPSA) is 21.7 Å². The van der Waals surface area contributed by atoms with Crippen LogP contribution in [0.15, 0.2) is 30.3 Å². The van der Waals surface area contributed by atoms with Gasteiger partial charge in [0.25, 0.3) is 0 Å². The molecule has 0 heterocycles. The van der Waals surface area contributed by atoms with E-state index in [1.807, 2.05) is 18.7 Å². The highest BCUT2D eigenvalue weighted by Crippen LogP contribution is 2.34. The zero-order valence-electron chi connectivity index (χ0n) is 15.4. The molecular formula is C20H21F4NO2. The maximum absolute atomic E-state index is 14.3. The summed E-state index contributed by atoms with van der Waals surface area (Å²) >= 11 is 0. The molecule has 7 heteroatoms. The largest absolute Gasteiger partial charge is 0.497 e. The van der Waals surface area contributed by atoms with E-state index in [0.717, 1.165) is 19.2 Å². The molecule has 0 aromatic heterocycles. The summed E-state index contributed by atoms with van der Waals surface area (Å²) in [5.41, 5.74) is -0.778. The van der Waals surface area contributed by atoms with Crippen LogP contribution in [0, 0.1) is 23.3 Å². The molecule has 0 saturated carbocycles. The summed E-state index contributed by atoms with van der Waals surface area (Å²) in [6, 6.07) is 5.71. The van der Waals surface area contributed by atoms with Gasteiger partial charge < -0.3 is 14.4 Å². The average Bonchev–Trinajstić information content (AvgIpc) is 2.70. The van der Waals surface area contributed by atoms with E-state index in [4.69, 9.17) is 9.47 Å². The number of rotatable bonds is 8. The zero-order valence-corrected chi connectivity index (χ0v) is 15.4. The molecule has 146 valence electrons. The quantitative estimate of drug-likeness (QED) is 0.450. The SMILES string of the molecule is CCN(CC)CC=Cc1c(F)c(F)c(Oc2ccc(OC)cc2)c(F)c1F. The number of hydrogen-bond acceptors (Lipinski definition) is 3. The van der Waals surface area contributed by atoms with E-state index in [0.29, 0.717) is 12.3 Å². The molecule has 0 aliphatic heterocycles. The Morgan fingerprint density at radius 3 is 1.85 bits per heavy atom. The first kappa shape index (κ1) is 20.8. The Balaban J connectivity index is 2.32. The van der Waals surface area contributed by atoms with Crippen molar-refractivity contribution in [3.05, 3.63) is 59.2 Å². The van der Waals surface area contributed by atoms with E-state index in [1.54, 1.807) is 0 Å². The fourth-order valence-corrected chi connectivity index (χ4v) is 2.43. The molecule has 0 fully saturated rings. The van der Waals surface area contributed by atoms with E-state index >= 15 is 0 Å². The second-order valence-corrected chi connectivity index (χ2v) is 5.66. The van der Waals surface area contributed by atoms with Crippen LogP contribution in [0.5, 0.6) is 17.2 Å². The van der Waals surface area contributed by atoms with E-state index in [9.17, 15) is 17.6 Å². The van der Waals surface area contributed by atoms with Crippen molar-refractivity contribution in [2.45, 2.75) is 13.8 Å². The summed E-state index contributed by atoms with van der Waals surface area (Å²) in [4.78, 5) is 1.97. The lowest BCUT2D eigenvalue weighted by Gasteiger charge is -2.15. The van der Waals surface area contributed by atoms with Crippen LogP contribution >= 0.6 is 0 Å². The van der Waals surface area contributed by atoms with E-state index < -0.39 is 34.6 Å². The molecule has 0 atom stereocenters. The van der Waals surface area contributed by atoms with Gasteiger partial charge in [0.15, 0.2) is 11.6 Å². The molecule has 0 bridgehead atoms. The zero-order chi connectivity index (χ0) is 20.0. The number of likely N-dealkylation sites (N-methyl/N-ethyl adjacent to an activating group) is 1. The van der Waals surface area contributed by atoms with Crippen LogP contribution in [0.4, 0.5) is 17.6 Å². The molecule has 2 aromatic carbocycles. The second-order valence-electron chi connectivity index (χ2n) is 5.66. The Hall–Kier alpha value is -2.54. The minimum atomic E-state index is -1.59. The third-order valence-electron chi connectivity index (χ3n) is 4.08. The van der Waals surface area contributed by atoms with Crippen LogP contribution in [-0.2, 0) is 0 Å². The van der Waals surface area contributed by atoms with E-state index in [1.165, 1.54) is 37.5 Å². The molecule has 0 radical (unpaired) electrons. The van der Waals surface area contributed by atoms with Crippen LogP contribution in [-0.4, -0.2) is 31.6 Å². The van der Waals surface area contributed by atoms with Gasteiger partial charge >= 0.3 is 0 Å². The van der Waals surface area contributed by atoms with Gasteiger partial charge in [-0.1, -0.05) is 26.0 Å². The lowest BCUT2D eigenvalue weighted by atomic mass is 10.1. The fraction of sp³-hybridized carbons (Fsp3) is 0.300. The maximum Gasteiger partial charge on any atom is 0.205 e. The lowest BCUT2D eigenvalue weighted by Crippen LogP contribution is -2.22. The number of halogens is 4. The van der Waals surface area contributed by atoms with Gasteiger partial charge in [-0.3, -0.25) is 0 Å². The van der Waals surface area contributed by atoms with Crippen LogP contribution in [0.1, 0.15) is 19.4 Å². The molecule has 27 heavy (non-hydrogen) atoms. The van der Waals surface area contributed by atoms with Crippen molar-refractivity contribution in [3.63, 3.8) is 0 Å². The van der Waals surface area contributed by atoms with Gasteiger partial charge in [0, 0.05) is 6.54 Å². The van der Waals surface area contributed by atoms with Gasteiger partial charge in [0.05, 0.1) is 12.7 Å². The summed E-state index contributed by atoms with van der Waals surface area (Å²) in [5.74, 6) is -6.82. The highest BCUT2D eigenvalue weighted by atomic mass is 19.2. The van der Waals surface area contributed by atoms with Crippen LogP contribution < -0.4 is 9.47 Å². The highest BCUT2D eigenvalue weighted by Gasteiger charge is 2.26. The van der Waals surface area contributed by atoms with Gasteiger partial charge in [0.1, 0.15) is 11.5 Å². The van der Waals surface area contributed by atoms with Crippen LogP contribution in [0.2, 0.25) is 0 Å². The van der Waals surface area contributed by atoms with E-state index in [-0.39, 0.29) is 5.75 Å². The Kier molecular flexibility index (Phi) is 7.24. The third kappa shape index (κ3) is 4.80. The number of methoxy groups -OCH3 is 1. The summed E-state index contributed by atoms with van der Waals surface area (Å²) in [5, 5.41) is 0. The molecule has 0 N–H and O–H groups in total. The molecule has 0 aliphatic carbocycles. The first-order valence-corrected chi connectivity index (χ1v) is 8.49. The van der Waals surface area contributed by atoms with E-state index in [2.05, 4.69) is 0 Å². The lowest BCUT2D eigenvalue weighted by molar-refractivity contribution is 0.337. The highest BCUT2D eigenvalue weighted by molar-refractivity contribution is 5.54. The normalized spacial score (nSPS) is 11.4. The number of benzene rings is 2. The maximum atomic E-state index is 14.3. The van der Waals surface area contributed by atoms with Gasteiger partial charge in [-0.15, -0.1) is 0 Å². The van der Waals surface area contributed by atoms with Gasteiger partial charge in [0.2, 0.25) is 17.4 Å². The van der Waals surface area contributed by atoms with Crippen molar-refractivity contribution in [1.82, 2.24) is 4.90 Å². The third-order valence-corrected chi connectivity index (χ3v) is 4.08. The van der Waals surface area contributed by atoms with Crippen molar-refractivity contribution in [2.24, 2.45) is 0 Å². The summed E-state index contributed by atoms with van der Waals surface area (Å²) in [7, 11) is 1.45. The molecule has 2 rings (SSSR count). The molecule has 0 spiro atoms. The average molecular weight is 383 g/mol. The van der Waals surface area contributed by atoms with Crippen LogP contribution in [0.25, 0.3) is 6.08 Å².